The molecule has 6 nitrogen and oxygen atoms in total. The minimum atomic E-state index is -0.392. The lowest BCUT2D eigenvalue weighted by Crippen LogP contribution is -2.33. The van der Waals surface area contributed by atoms with Gasteiger partial charge in [0.15, 0.2) is 0 Å². The Kier molecular flexibility index (Phi) is 5.96. The van der Waals surface area contributed by atoms with Crippen LogP contribution in [0.25, 0.3) is 0 Å². The van der Waals surface area contributed by atoms with Crippen LogP contribution in [0.15, 0.2) is 65.1 Å². The third-order valence-corrected chi connectivity index (χ3v) is 6.83. The second-order valence-electron chi connectivity index (χ2n) is 8.70. The highest BCUT2D eigenvalue weighted by atomic mass is 79.9. The van der Waals surface area contributed by atoms with E-state index in [9.17, 15) is 14.4 Å². The third-order valence-electron chi connectivity index (χ3n) is 6.34. The lowest BCUT2D eigenvalue weighted by molar-refractivity contribution is 0.0924. The summed E-state index contributed by atoms with van der Waals surface area (Å²) in [5.41, 5.74) is 4.15. The lowest BCUT2D eigenvalue weighted by atomic mass is 10.0. The first-order valence-electron chi connectivity index (χ1n) is 11.4. The van der Waals surface area contributed by atoms with Crippen molar-refractivity contribution in [2.24, 2.45) is 0 Å². The van der Waals surface area contributed by atoms with Crippen LogP contribution in [0.2, 0.25) is 0 Å². The average molecular weight is 518 g/mol. The fraction of sp³-hybridized carbons (Fsp3) is 0.222. The van der Waals surface area contributed by atoms with Crippen LogP contribution in [0.3, 0.4) is 0 Å². The van der Waals surface area contributed by atoms with Crippen molar-refractivity contribution in [2.75, 3.05) is 28.2 Å². The van der Waals surface area contributed by atoms with Gasteiger partial charge in [0.25, 0.3) is 17.7 Å². The molecule has 0 atom stereocenters. The van der Waals surface area contributed by atoms with Gasteiger partial charge in [-0.05, 0) is 74.7 Å². The van der Waals surface area contributed by atoms with Crippen LogP contribution < -0.4 is 15.1 Å². The van der Waals surface area contributed by atoms with E-state index in [-0.39, 0.29) is 11.8 Å². The van der Waals surface area contributed by atoms with E-state index in [2.05, 4.69) is 26.1 Å². The van der Waals surface area contributed by atoms with Crippen molar-refractivity contribution < 1.29 is 14.4 Å². The van der Waals surface area contributed by atoms with Crippen molar-refractivity contribution in [2.45, 2.75) is 26.2 Å². The van der Waals surface area contributed by atoms with Gasteiger partial charge in [-0.1, -0.05) is 33.6 Å². The Labute approximate surface area is 206 Å². The lowest BCUT2D eigenvalue weighted by Gasteiger charge is -2.31. The molecule has 0 aromatic heterocycles. The summed E-state index contributed by atoms with van der Waals surface area (Å²) < 4.78 is 0.730. The molecule has 0 spiro atoms. The molecule has 0 saturated carbocycles. The Bertz CT molecular complexity index is 1300. The molecule has 5 rings (SSSR count). The number of hydrogen-bond acceptors (Lipinski definition) is 4. The van der Waals surface area contributed by atoms with Crippen molar-refractivity contribution in [1.82, 2.24) is 0 Å². The molecule has 172 valence electrons. The smallest absolute Gasteiger partial charge is 0.266 e. The summed E-state index contributed by atoms with van der Waals surface area (Å²) >= 11 is 3.37. The number of carbonyl (C=O) groups is 3. The van der Waals surface area contributed by atoms with Gasteiger partial charge in [0.05, 0.1) is 22.4 Å². The van der Waals surface area contributed by atoms with Gasteiger partial charge in [0.2, 0.25) is 0 Å². The standard InChI is InChI=1S/C27H24BrN3O3/c1-17-5-8-19(9-6-17)29-25(32)23-16-20(10-12-24(23)30-13-3-2-4-14-30)31-26(33)21-11-7-18(28)15-22(21)27(31)34/h5-12,15-16H,2-4,13-14H2,1H3,(H,29,32). The second kappa shape index (κ2) is 9.06. The molecule has 1 fully saturated rings. The monoisotopic (exact) mass is 517 g/mol. The Morgan fingerprint density at radius 3 is 2.29 bits per heavy atom. The Morgan fingerprint density at radius 2 is 1.56 bits per heavy atom. The SMILES string of the molecule is Cc1ccc(NC(=O)c2cc(N3C(=O)c4ccc(Br)cc4C3=O)ccc2N2CCCCC2)cc1. The zero-order valence-corrected chi connectivity index (χ0v) is 20.4. The molecule has 1 N–H and O–H groups in total. The molecule has 34 heavy (non-hydrogen) atoms. The number of nitrogens with zero attached hydrogens (tertiary/aromatic N) is 2. The normalized spacial score (nSPS) is 15.5. The highest BCUT2D eigenvalue weighted by Gasteiger charge is 2.37. The van der Waals surface area contributed by atoms with E-state index in [0.717, 1.165) is 46.6 Å². The Morgan fingerprint density at radius 1 is 0.853 bits per heavy atom. The summed E-state index contributed by atoms with van der Waals surface area (Å²) in [5, 5.41) is 2.97. The Hall–Kier alpha value is -3.45. The van der Waals surface area contributed by atoms with Crippen LogP contribution in [0.5, 0.6) is 0 Å². The van der Waals surface area contributed by atoms with E-state index >= 15 is 0 Å². The van der Waals surface area contributed by atoms with Gasteiger partial charge < -0.3 is 10.2 Å². The molecule has 2 heterocycles. The summed E-state index contributed by atoms with van der Waals surface area (Å²) in [5.74, 6) is -1.05. The maximum Gasteiger partial charge on any atom is 0.266 e. The van der Waals surface area contributed by atoms with Crippen molar-refractivity contribution in [3.63, 3.8) is 0 Å². The minimum Gasteiger partial charge on any atom is -0.371 e. The molecule has 0 radical (unpaired) electrons. The van der Waals surface area contributed by atoms with Crippen LogP contribution in [0.4, 0.5) is 17.1 Å². The number of piperidine rings is 1. The maximum atomic E-state index is 13.4. The molecule has 0 bridgehead atoms. The number of benzene rings is 3. The molecular weight excluding hydrogens is 494 g/mol. The first-order valence-corrected chi connectivity index (χ1v) is 12.2. The first-order chi connectivity index (χ1) is 16.4. The van der Waals surface area contributed by atoms with Gasteiger partial charge >= 0.3 is 0 Å². The highest BCUT2D eigenvalue weighted by Crippen LogP contribution is 2.34. The van der Waals surface area contributed by atoms with Gasteiger partial charge in [0.1, 0.15) is 0 Å². The molecule has 7 heteroatoms. The fourth-order valence-electron chi connectivity index (χ4n) is 4.54. The first kappa shape index (κ1) is 22.3. The summed E-state index contributed by atoms with van der Waals surface area (Å²) in [4.78, 5) is 43.0. The molecule has 3 aromatic rings. The quantitative estimate of drug-likeness (QED) is 0.444. The van der Waals surface area contributed by atoms with Crippen LogP contribution in [-0.2, 0) is 0 Å². The van der Waals surface area contributed by atoms with Gasteiger partial charge in [-0.15, -0.1) is 0 Å². The number of rotatable bonds is 4. The minimum absolute atomic E-state index is 0.273. The third kappa shape index (κ3) is 4.12. The number of imide groups is 1. The number of nitrogens with one attached hydrogen (secondary N) is 1. The molecular formula is C27H24BrN3O3. The summed E-state index contributed by atoms with van der Waals surface area (Å²) in [7, 11) is 0. The van der Waals surface area contributed by atoms with E-state index < -0.39 is 5.91 Å². The van der Waals surface area contributed by atoms with E-state index in [1.54, 1.807) is 30.3 Å². The van der Waals surface area contributed by atoms with Gasteiger partial charge in [0, 0.05) is 28.9 Å². The van der Waals surface area contributed by atoms with Crippen molar-refractivity contribution in [3.05, 3.63) is 87.4 Å². The topological polar surface area (TPSA) is 69.7 Å². The van der Waals surface area contributed by atoms with Gasteiger partial charge in [-0.2, -0.15) is 0 Å². The molecule has 1 saturated heterocycles. The van der Waals surface area contributed by atoms with Crippen LogP contribution >= 0.6 is 15.9 Å². The number of halogens is 1. The summed E-state index contributed by atoms with van der Waals surface area (Å²) in [6.07, 6.45) is 3.30. The predicted octanol–water partition coefficient (Wildman–Crippen LogP) is 5.80. The van der Waals surface area contributed by atoms with Crippen molar-refractivity contribution in [3.8, 4) is 0 Å². The Balaban J connectivity index is 1.53. The molecule has 0 aliphatic carbocycles. The number of hydrogen-bond donors (Lipinski definition) is 1. The molecule has 3 amide bonds. The number of amides is 3. The zero-order chi connectivity index (χ0) is 23.8. The van der Waals surface area contributed by atoms with E-state index in [0.29, 0.717) is 28.1 Å². The summed E-state index contributed by atoms with van der Waals surface area (Å²) in [6.45, 7) is 3.72. The molecule has 3 aromatic carbocycles. The van der Waals surface area contributed by atoms with Crippen molar-refractivity contribution >= 4 is 50.7 Å². The number of fused-ring (bicyclic) bond motifs is 1. The predicted molar refractivity (Wildman–Crippen MR) is 137 cm³/mol. The molecule has 2 aliphatic heterocycles. The second-order valence-corrected chi connectivity index (χ2v) is 9.62. The van der Waals surface area contributed by atoms with Gasteiger partial charge in [-0.25, -0.2) is 4.90 Å². The molecule has 2 aliphatic rings. The molecule has 0 unspecified atom stereocenters. The zero-order valence-electron chi connectivity index (χ0n) is 18.8. The largest absolute Gasteiger partial charge is 0.371 e. The maximum absolute atomic E-state index is 13.4. The average Bonchev–Trinajstić information content (AvgIpc) is 3.09. The van der Waals surface area contributed by atoms with Crippen LogP contribution in [0, 0.1) is 6.92 Å². The highest BCUT2D eigenvalue weighted by molar-refractivity contribution is 9.10. The van der Waals surface area contributed by atoms with Gasteiger partial charge in [-0.3, -0.25) is 14.4 Å². The van der Waals surface area contributed by atoms with Crippen LogP contribution in [0.1, 0.15) is 55.9 Å². The fourth-order valence-corrected chi connectivity index (χ4v) is 4.90. The van der Waals surface area contributed by atoms with Crippen LogP contribution in [-0.4, -0.2) is 30.8 Å². The number of aryl methyl sites for hydroxylation is 1. The van der Waals surface area contributed by atoms with E-state index in [4.69, 9.17) is 0 Å². The van der Waals surface area contributed by atoms with E-state index in [1.165, 1.54) is 6.42 Å². The number of anilines is 3. The van der Waals surface area contributed by atoms with E-state index in [1.807, 2.05) is 37.3 Å². The van der Waals surface area contributed by atoms with Crippen molar-refractivity contribution in [1.29, 1.82) is 0 Å². The summed E-state index contributed by atoms with van der Waals surface area (Å²) in [6, 6.07) is 17.9. The number of carbonyl (C=O) groups excluding carboxylic acids is 3.